The van der Waals surface area contributed by atoms with Crippen LogP contribution in [-0.2, 0) is 0 Å². The number of carbonyl (C=O) groups is 1. The first-order chi connectivity index (χ1) is 9.65. The maximum atomic E-state index is 12.0. The van der Waals surface area contributed by atoms with Crippen LogP contribution in [-0.4, -0.2) is 11.0 Å². The van der Waals surface area contributed by atoms with Gasteiger partial charge in [-0.15, -0.1) is 12.8 Å². The lowest BCUT2D eigenvalue weighted by atomic mass is 10.1. The molecule has 1 amide bonds. The van der Waals surface area contributed by atoms with E-state index in [0.717, 1.165) is 0 Å². The molecule has 20 heavy (non-hydrogen) atoms. The minimum atomic E-state index is -0.336. The van der Waals surface area contributed by atoms with Crippen molar-refractivity contribution in [2.45, 2.75) is 0 Å². The Bertz CT molecular complexity index is 734. The van der Waals surface area contributed by atoms with Gasteiger partial charge < -0.3 is 10.4 Å². The second-order valence-electron chi connectivity index (χ2n) is 4.02. The Morgan fingerprint density at radius 3 is 2.25 bits per heavy atom. The predicted octanol–water partition coefficient (Wildman–Crippen LogP) is 2.61. The van der Waals surface area contributed by atoms with Crippen LogP contribution in [0.1, 0.15) is 21.5 Å². The Labute approximate surface area is 117 Å². The summed E-state index contributed by atoms with van der Waals surface area (Å²) in [7, 11) is 0. The highest BCUT2D eigenvalue weighted by molar-refractivity contribution is 6.05. The van der Waals surface area contributed by atoms with Crippen molar-refractivity contribution in [3.8, 4) is 30.4 Å². The molecule has 0 heterocycles. The Morgan fingerprint density at radius 2 is 1.65 bits per heavy atom. The number of carbonyl (C=O) groups excluding carboxylic acids is 1. The van der Waals surface area contributed by atoms with Crippen LogP contribution in [0.3, 0.4) is 0 Å². The molecule has 96 valence electrons. The molecule has 3 heteroatoms. The first kappa shape index (κ1) is 13.3. The van der Waals surface area contributed by atoms with E-state index in [1.807, 2.05) is 6.07 Å². The smallest absolute Gasteiger partial charge is 0.255 e. The van der Waals surface area contributed by atoms with Gasteiger partial charge in [0.25, 0.3) is 5.91 Å². The average molecular weight is 261 g/mol. The van der Waals surface area contributed by atoms with Crippen molar-refractivity contribution in [2.24, 2.45) is 0 Å². The molecule has 3 nitrogen and oxygen atoms in total. The Hall–Kier alpha value is -3.17. The molecule has 0 aromatic heterocycles. The molecule has 0 saturated carbocycles. The monoisotopic (exact) mass is 261 g/mol. The number of terminal acetylenes is 2. The zero-order valence-electron chi connectivity index (χ0n) is 10.6. The van der Waals surface area contributed by atoms with Crippen LogP contribution < -0.4 is 5.32 Å². The lowest BCUT2D eigenvalue weighted by Crippen LogP contribution is -2.12. The summed E-state index contributed by atoms with van der Waals surface area (Å²) in [6.45, 7) is 0. The van der Waals surface area contributed by atoms with Crippen molar-refractivity contribution in [3.05, 3.63) is 59.2 Å². The SMILES string of the molecule is C#Cc1cc(O)c(NC(=O)c2ccccc2)cc1C#C. The summed E-state index contributed by atoms with van der Waals surface area (Å²) in [5, 5.41) is 12.5. The molecule has 0 aliphatic heterocycles. The topological polar surface area (TPSA) is 49.3 Å². The second kappa shape index (κ2) is 5.65. The molecule has 0 unspecified atom stereocenters. The number of aromatic hydroxyl groups is 1. The van der Waals surface area contributed by atoms with Crippen molar-refractivity contribution in [3.63, 3.8) is 0 Å². The molecule has 0 saturated heterocycles. The fourth-order valence-electron chi connectivity index (χ4n) is 1.71. The number of benzene rings is 2. The van der Waals surface area contributed by atoms with Crippen LogP contribution in [0.5, 0.6) is 5.75 Å². The van der Waals surface area contributed by atoms with E-state index in [1.54, 1.807) is 24.3 Å². The van der Waals surface area contributed by atoms with Gasteiger partial charge in [0, 0.05) is 16.7 Å². The van der Waals surface area contributed by atoms with E-state index in [1.165, 1.54) is 12.1 Å². The molecule has 0 spiro atoms. The largest absolute Gasteiger partial charge is 0.506 e. The highest BCUT2D eigenvalue weighted by atomic mass is 16.3. The molecule has 2 aromatic carbocycles. The number of amides is 1. The van der Waals surface area contributed by atoms with Crippen LogP contribution in [0.2, 0.25) is 0 Å². The molecular formula is C17H11NO2. The highest BCUT2D eigenvalue weighted by Gasteiger charge is 2.11. The summed E-state index contributed by atoms with van der Waals surface area (Å²) in [5.74, 6) is 4.35. The number of phenols is 1. The third kappa shape index (κ3) is 2.63. The first-order valence-corrected chi connectivity index (χ1v) is 5.82. The van der Waals surface area contributed by atoms with Gasteiger partial charge in [-0.1, -0.05) is 30.0 Å². The van der Waals surface area contributed by atoms with Gasteiger partial charge in [-0.3, -0.25) is 4.79 Å². The summed E-state index contributed by atoms with van der Waals surface area (Å²) in [5.41, 5.74) is 1.55. The van der Waals surface area contributed by atoms with Crippen LogP contribution >= 0.6 is 0 Å². The van der Waals surface area contributed by atoms with Gasteiger partial charge >= 0.3 is 0 Å². The molecule has 0 radical (unpaired) electrons. The van der Waals surface area contributed by atoms with Gasteiger partial charge in [0.15, 0.2) is 0 Å². The summed E-state index contributed by atoms with van der Waals surface area (Å²) < 4.78 is 0. The number of rotatable bonds is 2. The van der Waals surface area contributed by atoms with E-state index in [-0.39, 0.29) is 17.3 Å². The number of anilines is 1. The van der Waals surface area contributed by atoms with Crippen LogP contribution in [0.25, 0.3) is 0 Å². The summed E-state index contributed by atoms with van der Waals surface area (Å²) >= 11 is 0. The molecule has 2 rings (SSSR count). The van der Waals surface area contributed by atoms with E-state index in [0.29, 0.717) is 16.7 Å². The fraction of sp³-hybridized carbons (Fsp3) is 0. The molecule has 0 atom stereocenters. The molecule has 0 aliphatic rings. The fourth-order valence-corrected chi connectivity index (χ4v) is 1.71. The zero-order chi connectivity index (χ0) is 14.5. The van der Waals surface area contributed by atoms with Gasteiger partial charge in [0.1, 0.15) is 5.75 Å². The standard InChI is InChI=1S/C17H11NO2/c1-3-12-10-15(16(19)11-13(12)4-2)18-17(20)14-8-6-5-7-9-14/h1-2,5-11,19H,(H,18,20). The van der Waals surface area contributed by atoms with Crippen LogP contribution in [0, 0.1) is 24.7 Å². The minimum absolute atomic E-state index is 0.124. The van der Waals surface area contributed by atoms with E-state index in [2.05, 4.69) is 17.2 Å². The maximum Gasteiger partial charge on any atom is 0.255 e. The van der Waals surface area contributed by atoms with Crippen molar-refractivity contribution < 1.29 is 9.90 Å². The van der Waals surface area contributed by atoms with Crippen LogP contribution in [0.4, 0.5) is 5.69 Å². The van der Waals surface area contributed by atoms with Gasteiger partial charge in [0.05, 0.1) is 5.69 Å². The maximum absolute atomic E-state index is 12.0. The number of hydrogen-bond acceptors (Lipinski definition) is 2. The number of hydrogen-bond donors (Lipinski definition) is 2. The molecule has 0 aliphatic carbocycles. The third-order valence-electron chi connectivity index (χ3n) is 2.73. The van der Waals surface area contributed by atoms with Crippen LogP contribution in [0.15, 0.2) is 42.5 Å². The van der Waals surface area contributed by atoms with Crippen molar-refractivity contribution >= 4 is 11.6 Å². The van der Waals surface area contributed by atoms with Gasteiger partial charge in [-0.25, -0.2) is 0 Å². The van der Waals surface area contributed by atoms with Crippen molar-refractivity contribution in [1.29, 1.82) is 0 Å². The highest BCUT2D eigenvalue weighted by Crippen LogP contribution is 2.27. The van der Waals surface area contributed by atoms with Gasteiger partial charge in [-0.05, 0) is 24.3 Å². The molecule has 2 N–H and O–H groups in total. The van der Waals surface area contributed by atoms with Crippen molar-refractivity contribution in [1.82, 2.24) is 0 Å². The molecule has 2 aromatic rings. The Balaban J connectivity index is 2.34. The Morgan fingerprint density at radius 1 is 1.05 bits per heavy atom. The minimum Gasteiger partial charge on any atom is -0.506 e. The van der Waals surface area contributed by atoms with Gasteiger partial charge in [0.2, 0.25) is 0 Å². The molecule has 0 fully saturated rings. The lowest BCUT2D eigenvalue weighted by molar-refractivity contribution is 0.102. The van der Waals surface area contributed by atoms with E-state index < -0.39 is 0 Å². The number of nitrogens with one attached hydrogen (secondary N) is 1. The first-order valence-electron chi connectivity index (χ1n) is 5.82. The Kier molecular flexibility index (Phi) is 3.75. The summed E-state index contributed by atoms with van der Waals surface area (Å²) in [4.78, 5) is 12.0. The third-order valence-corrected chi connectivity index (χ3v) is 2.73. The van der Waals surface area contributed by atoms with Gasteiger partial charge in [-0.2, -0.15) is 0 Å². The normalized spacial score (nSPS) is 9.30. The second-order valence-corrected chi connectivity index (χ2v) is 4.02. The summed E-state index contributed by atoms with van der Waals surface area (Å²) in [6, 6.07) is 11.5. The average Bonchev–Trinajstić information content (AvgIpc) is 2.49. The summed E-state index contributed by atoms with van der Waals surface area (Å²) in [6.07, 6.45) is 10.6. The van der Waals surface area contributed by atoms with E-state index in [9.17, 15) is 9.90 Å². The van der Waals surface area contributed by atoms with Crippen molar-refractivity contribution in [2.75, 3.05) is 5.32 Å². The zero-order valence-corrected chi connectivity index (χ0v) is 10.6. The quantitative estimate of drug-likeness (QED) is 0.645. The van der Waals surface area contributed by atoms with E-state index >= 15 is 0 Å². The molecular weight excluding hydrogens is 250 g/mol. The lowest BCUT2D eigenvalue weighted by Gasteiger charge is -2.09. The molecule has 0 bridgehead atoms. The number of phenolic OH excluding ortho intramolecular Hbond substituents is 1. The van der Waals surface area contributed by atoms with E-state index in [4.69, 9.17) is 12.8 Å². The predicted molar refractivity (Wildman–Crippen MR) is 78.4 cm³/mol.